The third-order valence-corrected chi connectivity index (χ3v) is 4.38. The average molecular weight is 355 g/mol. The van der Waals surface area contributed by atoms with Crippen LogP contribution in [0.2, 0.25) is 0 Å². The minimum absolute atomic E-state index is 0.204. The molecule has 10 nitrogen and oxygen atoms in total. The number of imidazole rings is 1. The van der Waals surface area contributed by atoms with Gasteiger partial charge in [0.1, 0.15) is 5.69 Å². The van der Waals surface area contributed by atoms with Gasteiger partial charge in [-0.15, -0.1) is 0 Å². The predicted molar refractivity (Wildman–Crippen MR) is 96.7 cm³/mol. The number of nitrogens with two attached hydrogens (primary N) is 1. The summed E-state index contributed by atoms with van der Waals surface area (Å²) in [5.41, 5.74) is 8.52. The quantitative estimate of drug-likeness (QED) is 0.585. The zero-order valence-corrected chi connectivity index (χ0v) is 14.7. The molecule has 0 aliphatic heterocycles. The van der Waals surface area contributed by atoms with Crippen LogP contribution in [-0.4, -0.2) is 47.8 Å². The van der Waals surface area contributed by atoms with Crippen LogP contribution in [0.25, 0.3) is 11.2 Å². The Kier molecular flexibility index (Phi) is 3.94. The molecule has 1 fully saturated rings. The summed E-state index contributed by atoms with van der Waals surface area (Å²) < 4.78 is 3.53. The van der Waals surface area contributed by atoms with Gasteiger partial charge in [-0.2, -0.15) is 15.1 Å². The van der Waals surface area contributed by atoms with Crippen LogP contribution < -0.4 is 16.4 Å². The number of carbonyl (C=O) groups excluding carboxylic acids is 1. The van der Waals surface area contributed by atoms with Crippen LogP contribution in [0.3, 0.4) is 0 Å². The van der Waals surface area contributed by atoms with E-state index in [1.54, 1.807) is 24.1 Å². The topological polar surface area (TPSA) is 129 Å². The molecule has 0 atom stereocenters. The van der Waals surface area contributed by atoms with Gasteiger partial charge in [-0.1, -0.05) is 0 Å². The van der Waals surface area contributed by atoms with Gasteiger partial charge in [0.05, 0.1) is 6.33 Å². The average Bonchev–Trinajstić information content (AvgIpc) is 3.22. The fraction of sp³-hybridized carbons (Fsp3) is 0.438. The molecule has 4 N–H and O–H groups in total. The van der Waals surface area contributed by atoms with E-state index in [9.17, 15) is 4.79 Å². The molecule has 0 spiro atoms. The maximum Gasteiger partial charge on any atom is 0.271 e. The Balaban J connectivity index is 1.45. The van der Waals surface area contributed by atoms with Crippen LogP contribution in [0, 0.1) is 6.92 Å². The summed E-state index contributed by atoms with van der Waals surface area (Å²) in [7, 11) is 1.81. The Labute approximate surface area is 149 Å². The number of nitrogens with zero attached hydrogens (tertiary/aromatic N) is 6. The monoisotopic (exact) mass is 355 g/mol. The molecule has 1 aliphatic rings. The first-order valence-electron chi connectivity index (χ1n) is 8.55. The third-order valence-electron chi connectivity index (χ3n) is 4.38. The molecule has 26 heavy (non-hydrogen) atoms. The Morgan fingerprint density at radius 1 is 1.38 bits per heavy atom. The van der Waals surface area contributed by atoms with E-state index >= 15 is 0 Å². The van der Waals surface area contributed by atoms with E-state index in [1.165, 1.54) is 0 Å². The summed E-state index contributed by atoms with van der Waals surface area (Å²) in [6.45, 7) is 2.85. The molecular weight excluding hydrogens is 334 g/mol. The van der Waals surface area contributed by atoms with Gasteiger partial charge in [0, 0.05) is 31.9 Å². The smallest absolute Gasteiger partial charge is 0.271 e. The molecule has 3 heterocycles. The highest BCUT2D eigenvalue weighted by atomic mass is 16.1. The van der Waals surface area contributed by atoms with Gasteiger partial charge in [0.2, 0.25) is 5.95 Å². The van der Waals surface area contributed by atoms with Crippen molar-refractivity contribution in [2.45, 2.75) is 32.4 Å². The SMILES string of the molecule is Cc1cc(C(=O)NCCn2cnc3c(NC4CC4)nc(N)nc32)nn1C. The molecule has 1 aliphatic carbocycles. The van der Waals surface area contributed by atoms with E-state index in [2.05, 4.69) is 30.7 Å². The maximum atomic E-state index is 12.2. The van der Waals surface area contributed by atoms with Crippen LogP contribution in [0.15, 0.2) is 12.4 Å². The summed E-state index contributed by atoms with van der Waals surface area (Å²) >= 11 is 0. The van der Waals surface area contributed by atoms with E-state index < -0.39 is 0 Å². The molecule has 3 aromatic rings. The first kappa shape index (κ1) is 16.3. The summed E-state index contributed by atoms with van der Waals surface area (Å²) in [6.07, 6.45) is 3.95. The van der Waals surface area contributed by atoms with Crippen molar-refractivity contribution >= 4 is 28.8 Å². The van der Waals surface area contributed by atoms with E-state index in [4.69, 9.17) is 5.73 Å². The standard InChI is InChI=1S/C16H21N9O/c1-9-7-11(23-24(9)2)15(26)18-5-6-25-8-19-12-13(20-10-3-4-10)21-16(17)22-14(12)25/h7-8,10H,3-6H2,1-2H3,(H,18,26)(H3,17,20,21,22). The number of amides is 1. The predicted octanol–water partition coefficient (Wildman–Crippen LogP) is 0.455. The molecule has 10 heteroatoms. The van der Waals surface area contributed by atoms with Gasteiger partial charge in [0.15, 0.2) is 17.0 Å². The van der Waals surface area contributed by atoms with E-state index in [0.29, 0.717) is 41.8 Å². The van der Waals surface area contributed by atoms with Gasteiger partial charge in [0.25, 0.3) is 5.91 Å². The van der Waals surface area contributed by atoms with Crippen molar-refractivity contribution in [1.29, 1.82) is 0 Å². The lowest BCUT2D eigenvalue weighted by Gasteiger charge is -2.07. The lowest BCUT2D eigenvalue weighted by Crippen LogP contribution is -2.27. The van der Waals surface area contributed by atoms with Gasteiger partial charge in [-0.25, -0.2) is 4.98 Å². The normalized spacial score (nSPS) is 13.9. The fourth-order valence-electron chi connectivity index (χ4n) is 2.70. The summed E-state index contributed by atoms with van der Waals surface area (Å²) in [4.78, 5) is 25.1. The molecule has 3 aromatic heterocycles. The van der Waals surface area contributed by atoms with E-state index in [1.807, 2.05) is 11.5 Å². The maximum absolute atomic E-state index is 12.2. The van der Waals surface area contributed by atoms with Gasteiger partial charge >= 0.3 is 0 Å². The number of anilines is 2. The lowest BCUT2D eigenvalue weighted by atomic mass is 10.3. The second-order valence-corrected chi connectivity index (χ2v) is 6.51. The van der Waals surface area contributed by atoms with Crippen molar-refractivity contribution in [2.24, 2.45) is 7.05 Å². The molecule has 4 rings (SSSR count). The molecule has 0 radical (unpaired) electrons. The van der Waals surface area contributed by atoms with Gasteiger partial charge in [-0.05, 0) is 25.8 Å². The van der Waals surface area contributed by atoms with Crippen LogP contribution in [-0.2, 0) is 13.6 Å². The molecule has 0 bridgehead atoms. The third kappa shape index (κ3) is 3.17. The Morgan fingerprint density at radius 2 is 2.19 bits per heavy atom. The Hall–Kier alpha value is -3.17. The number of fused-ring (bicyclic) bond motifs is 1. The summed E-state index contributed by atoms with van der Waals surface area (Å²) in [6, 6.07) is 2.20. The Bertz CT molecular complexity index is 950. The highest BCUT2D eigenvalue weighted by molar-refractivity contribution is 5.92. The van der Waals surface area contributed by atoms with E-state index in [0.717, 1.165) is 18.5 Å². The second-order valence-electron chi connectivity index (χ2n) is 6.51. The van der Waals surface area contributed by atoms with E-state index in [-0.39, 0.29) is 11.9 Å². The molecule has 0 saturated heterocycles. The largest absolute Gasteiger partial charge is 0.368 e. The number of aromatic nitrogens is 6. The minimum Gasteiger partial charge on any atom is -0.368 e. The first-order valence-corrected chi connectivity index (χ1v) is 8.55. The van der Waals surface area contributed by atoms with Crippen molar-refractivity contribution in [3.63, 3.8) is 0 Å². The van der Waals surface area contributed by atoms with Crippen LogP contribution in [0.1, 0.15) is 29.0 Å². The summed E-state index contributed by atoms with van der Waals surface area (Å²) in [5.74, 6) is 0.667. The number of aryl methyl sites for hydroxylation is 2. The van der Waals surface area contributed by atoms with Crippen molar-refractivity contribution in [1.82, 2.24) is 34.6 Å². The summed E-state index contributed by atoms with van der Waals surface area (Å²) in [5, 5.41) is 10.4. The molecule has 0 unspecified atom stereocenters. The number of hydrogen-bond acceptors (Lipinski definition) is 7. The molecule has 1 saturated carbocycles. The number of carbonyl (C=O) groups is 1. The van der Waals surface area contributed by atoms with Crippen molar-refractivity contribution in [2.75, 3.05) is 17.6 Å². The molecular formula is C16H21N9O. The lowest BCUT2D eigenvalue weighted by molar-refractivity contribution is 0.0946. The minimum atomic E-state index is -0.205. The number of hydrogen-bond donors (Lipinski definition) is 3. The zero-order valence-electron chi connectivity index (χ0n) is 14.7. The highest BCUT2D eigenvalue weighted by Crippen LogP contribution is 2.27. The van der Waals surface area contributed by atoms with Crippen LogP contribution in [0.4, 0.5) is 11.8 Å². The first-order chi connectivity index (χ1) is 12.5. The number of nitrogens with one attached hydrogen (secondary N) is 2. The molecule has 0 aromatic carbocycles. The van der Waals surface area contributed by atoms with Crippen molar-refractivity contribution < 1.29 is 4.79 Å². The number of rotatable bonds is 6. The van der Waals surface area contributed by atoms with Crippen LogP contribution in [0.5, 0.6) is 0 Å². The molecule has 136 valence electrons. The fourth-order valence-corrected chi connectivity index (χ4v) is 2.70. The zero-order chi connectivity index (χ0) is 18.3. The molecule has 1 amide bonds. The van der Waals surface area contributed by atoms with Gasteiger partial charge in [-0.3, -0.25) is 9.48 Å². The van der Waals surface area contributed by atoms with Crippen LogP contribution >= 0.6 is 0 Å². The van der Waals surface area contributed by atoms with Crippen molar-refractivity contribution in [3.8, 4) is 0 Å². The Morgan fingerprint density at radius 3 is 2.88 bits per heavy atom. The highest BCUT2D eigenvalue weighted by Gasteiger charge is 2.23. The van der Waals surface area contributed by atoms with Crippen molar-refractivity contribution in [3.05, 3.63) is 23.8 Å². The second kappa shape index (κ2) is 6.28. The number of nitrogen functional groups attached to an aromatic ring is 1. The van der Waals surface area contributed by atoms with Gasteiger partial charge < -0.3 is 20.9 Å².